The first-order valence-corrected chi connectivity index (χ1v) is 14.0. The number of hydrogen-bond acceptors (Lipinski definition) is 0. The lowest BCUT2D eigenvalue weighted by Crippen LogP contribution is -2.19. The molecule has 4 aromatic carbocycles. The Morgan fingerprint density at radius 2 is 1.09 bits per heavy atom. The highest BCUT2D eigenvalue weighted by molar-refractivity contribution is 7.64. The van der Waals surface area contributed by atoms with Crippen LogP contribution in [0.4, 0.5) is 0 Å². The lowest BCUT2D eigenvalue weighted by molar-refractivity contribution is 0.813. The third-order valence-corrected chi connectivity index (χ3v) is 8.83. The highest BCUT2D eigenvalue weighted by atomic mass is 31.1. The van der Waals surface area contributed by atoms with Crippen molar-refractivity contribution >= 4 is 34.8 Å². The van der Waals surface area contributed by atoms with E-state index in [2.05, 4.69) is 115 Å². The van der Waals surface area contributed by atoms with Crippen LogP contribution < -0.4 is 5.30 Å². The van der Waals surface area contributed by atoms with E-state index in [0.29, 0.717) is 17.8 Å². The highest BCUT2D eigenvalue weighted by Gasteiger charge is 2.22. The minimum atomic E-state index is -0.337. The topological polar surface area (TPSA) is 0 Å². The van der Waals surface area contributed by atoms with Gasteiger partial charge in [0, 0.05) is 0 Å². The number of benzene rings is 4. The Kier molecular flexibility index (Phi) is 6.73. The molecule has 0 saturated carbocycles. The fourth-order valence-corrected chi connectivity index (χ4v) is 7.45. The van der Waals surface area contributed by atoms with E-state index < -0.39 is 0 Å². The predicted molar refractivity (Wildman–Crippen MR) is 146 cm³/mol. The van der Waals surface area contributed by atoms with Crippen LogP contribution in [0.5, 0.6) is 0 Å². The molecule has 0 bridgehead atoms. The summed E-state index contributed by atoms with van der Waals surface area (Å²) in [6, 6.07) is 25.2. The molecule has 0 aliphatic carbocycles. The fourth-order valence-electron chi connectivity index (χ4n) is 4.95. The van der Waals surface area contributed by atoms with Gasteiger partial charge in [-0.15, -0.1) is 0 Å². The van der Waals surface area contributed by atoms with E-state index in [1.807, 2.05) is 0 Å². The largest absolute Gasteiger partial charge is 0.0734 e. The molecule has 0 fully saturated rings. The van der Waals surface area contributed by atoms with Gasteiger partial charge in [-0.3, -0.25) is 0 Å². The summed E-state index contributed by atoms with van der Waals surface area (Å²) in [6.45, 7) is 16.6. The molecule has 0 heterocycles. The summed E-state index contributed by atoms with van der Waals surface area (Å²) in [6.07, 6.45) is 1.12. The Morgan fingerprint density at radius 3 is 1.53 bits per heavy atom. The molecule has 1 atom stereocenters. The Labute approximate surface area is 195 Å². The van der Waals surface area contributed by atoms with E-state index in [9.17, 15) is 0 Å². The zero-order chi connectivity index (χ0) is 23.0. The highest BCUT2D eigenvalue weighted by Crippen LogP contribution is 2.44. The molecule has 0 spiro atoms. The van der Waals surface area contributed by atoms with Crippen molar-refractivity contribution in [2.75, 3.05) is 6.66 Å². The lowest BCUT2D eigenvalue weighted by Gasteiger charge is -2.27. The summed E-state index contributed by atoms with van der Waals surface area (Å²) in [5, 5.41) is 7.18. The summed E-state index contributed by atoms with van der Waals surface area (Å²) >= 11 is 0. The maximum absolute atomic E-state index is 2.51. The molecule has 0 N–H and O–H groups in total. The molecule has 0 saturated heterocycles. The van der Waals surface area contributed by atoms with Crippen LogP contribution >= 0.6 is 7.92 Å². The Morgan fingerprint density at radius 1 is 0.625 bits per heavy atom. The van der Waals surface area contributed by atoms with Crippen LogP contribution in [-0.2, 0) is 6.16 Å². The SMILES string of the molecule is CC(C)c1cc(C(C)C)c(P(C)Cc2c3ccccc3cc3ccccc23)c(C(C)C)c1. The van der Waals surface area contributed by atoms with Gasteiger partial charge in [0.25, 0.3) is 0 Å². The molecule has 0 aliphatic rings. The Hall–Kier alpha value is -2.17. The first-order chi connectivity index (χ1) is 15.3. The van der Waals surface area contributed by atoms with Crippen LogP contribution in [0.25, 0.3) is 21.5 Å². The second-order valence-corrected chi connectivity index (χ2v) is 12.3. The Bertz CT molecular complexity index is 1160. The number of fused-ring (bicyclic) bond motifs is 2. The summed E-state index contributed by atoms with van der Waals surface area (Å²) < 4.78 is 0. The maximum Gasteiger partial charge on any atom is -0.00228 e. The molecular formula is C31H37P. The van der Waals surface area contributed by atoms with Gasteiger partial charge in [-0.1, -0.05) is 110 Å². The maximum atomic E-state index is 2.51. The van der Waals surface area contributed by atoms with Gasteiger partial charge in [-0.25, -0.2) is 0 Å². The van der Waals surface area contributed by atoms with Gasteiger partial charge in [-0.2, -0.15) is 0 Å². The molecule has 0 aliphatic heterocycles. The average Bonchev–Trinajstić information content (AvgIpc) is 2.77. The standard InChI is InChI=1S/C31H37P/c1-20(2)25-17-28(21(3)4)31(29(18-25)22(5)6)32(7)19-30-26-14-10-8-12-23(26)16-24-13-9-11-15-27(24)30/h8-18,20-22H,19H2,1-7H3. The fraction of sp³-hybridized carbons (Fsp3) is 0.355. The van der Waals surface area contributed by atoms with Gasteiger partial charge in [0.1, 0.15) is 0 Å². The smallest absolute Gasteiger partial charge is 0.00228 e. The van der Waals surface area contributed by atoms with Crippen molar-refractivity contribution in [1.29, 1.82) is 0 Å². The first kappa shape index (κ1) is 23.0. The third-order valence-electron chi connectivity index (χ3n) is 6.76. The number of rotatable bonds is 6. The molecular weight excluding hydrogens is 403 g/mol. The van der Waals surface area contributed by atoms with Crippen LogP contribution in [0.2, 0.25) is 0 Å². The van der Waals surface area contributed by atoms with Crippen LogP contribution in [0.3, 0.4) is 0 Å². The van der Waals surface area contributed by atoms with Crippen molar-refractivity contribution in [3.8, 4) is 0 Å². The monoisotopic (exact) mass is 440 g/mol. The average molecular weight is 441 g/mol. The molecule has 32 heavy (non-hydrogen) atoms. The molecule has 4 aromatic rings. The van der Waals surface area contributed by atoms with Crippen LogP contribution in [0.1, 0.15) is 81.5 Å². The molecule has 0 amide bonds. The van der Waals surface area contributed by atoms with Gasteiger partial charge >= 0.3 is 0 Å². The van der Waals surface area contributed by atoms with Crippen LogP contribution in [-0.4, -0.2) is 6.66 Å². The molecule has 4 rings (SSSR count). The molecule has 0 radical (unpaired) electrons. The van der Waals surface area contributed by atoms with Crippen molar-refractivity contribution in [3.63, 3.8) is 0 Å². The van der Waals surface area contributed by atoms with Crippen molar-refractivity contribution in [2.24, 2.45) is 0 Å². The second kappa shape index (κ2) is 9.36. The third kappa shape index (κ3) is 4.35. The van der Waals surface area contributed by atoms with Crippen molar-refractivity contribution in [2.45, 2.75) is 65.5 Å². The van der Waals surface area contributed by atoms with Crippen molar-refractivity contribution < 1.29 is 0 Å². The van der Waals surface area contributed by atoms with Gasteiger partial charge < -0.3 is 0 Å². The van der Waals surface area contributed by atoms with E-state index in [-0.39, 0.29) is 7.92 Å². The normalized spacial score (nSPS) is 13.1. The van der Waals surface area contributed by atoms with Crippen molar-refractivity contribution in [3.05, 3.63) is 89.0 Å². The Balaban J connectivity index is 1.91. The summed E-state index contributed by atoms with van der Waals surface area (Å²) in [5.74, 6) is 1.63. The van der Waals surface area contributed by atoms with Gasteiger partial charge in [0.2, 0.25) is 0 Å². The van der Waals surface area contributed by atoms with E-state index in [4.69, 9.17) is 0 Å². The van der Waals surface area contributed by atoms with Gasteiger partial charge in [-0.05, 0) is 85.8 Å². The minimum Gasteiger partial charge on any atom is -0.0734 e. The molecule has 1 unspecified atom stereocenters. The van der Waals surface area contributed by atoms with E-state index in [1.165, 1.54) is 32.7 Å². The van der Waals surface area contributed by atoms with Gasteiger partial charge in [0.15, 0.2) is 0 Å². The second-order valence-electron chi connectivity index (χ2n) is 10.2. The van der Waals surface area contributed by atoms with Crippen LogP contribution in [0.15, 0.2) is 66.7 Å². The first-order valence-electron chi connectivity index (χ1n) is 12.1. The van der Waals surface area contributed by atoms with E-state index in [0.717, 1.165) is 6.16 Å². The zero-order valence-electron chi connectivity index (χ0n) is 20.7. The van der Waals surface area contributed by atoms with Crippen LogP contribution in [0, 0.1) is 0 Å². The summed E-state index contributed by atoms with van der Waals surface area (Å²) in [4.78, 5) is 0. The van der Waals surface area contributed by atoms with E-state index >= 15 is 0 Å². The summed E-state index contributed by atoms with van der Waals surface area (Å²) in [7, 11) is -0.337. The van der Waals surface area contributed by atoms with E-state index in [1.54, 1.807) is 16.4 Å². The predicted octanol–water partition coefficient (Wildman–Crippen LogP) is 9.30. The van der Waals surface area contributed by atoms with Crippen molar-refractivity contribution in [1.82, 2.24) is 0 Å². The molecule has 0 aromatic heterocycles. The molecule has 1 heteroatoms. The molecule has 166 valence electrons. The quantitative estimate of drug-likeness (QED) is 0.207. The number of hydrogen-bond donors (Lipinski definition) is 0. The zero-order valence-corrected chi connectivity index (χ0v) is 21.6. The summed E-state index contributed by atoms with van der Waals surface area (Å²) in [5.41, 5.74) is 6.14. The van der Waals surface area contributed by atoms with Gasteiger partial charge in [0.05, 0.1) is 0 Å². The lowest BCUT2D eigenvalue weighted by atomic mass is 9.89. The minimum absolute atomic E-state index is 0.337. The molecule has 0 nitrogen and oxygen atoms in total.